The van der Waals surface area contributed by atoms with Gasteiger partial charge in [-0.15, -0.1) is 0 Å². The van der Waals surface area contributed by atoms with Gasteiger partial charge in [-0.1, -0.05) is 30.3 Å². The summed E-state index contributed by atoms with van der Waals surface area (Å²) in [7, 11) is 2.07. The summed E-state index contributed by atoms with van der Waals surface area (Å²) in [5.41, 5.74) is 1.43. The number of likely N-dealkylation sites (N-methyl/N-ethyl adjacent to an activating group) is 1. The second-order valence-electron chi connectivity index (χ2n) is 4.35. The van der Waals surface area contributed by atoms with Gasteiger partial charge in [-0.2, -0.15) is 0 Å². The zero-order valence-electron chi connectivity index (χ0n) is 9.45. The SMILES string of the molecule is CN[C@H]1CCCN(Cc2ccccc2)C1. The lowest BCUT2D eigenvalue weighted by Crippen LogP contribution is -2.43. The fraction of sp³-hybridized carbons (Fsp3) is 0.538. The molecule has 0 amide bonds. The molecule has 1 fully saturated rings. The van der Waals surface area contributed by atoms with Crippen molar-refractivity contribution in [3.8, 4) is 0 Å². The van der Waals surface area contributed by atoms with Crippen LogP contribution in [0.4, 0.5) is 0 Å². The molecule has 1 saturated heterocycles. The smallest absolute Gasteiger partial charge is 0.0234 e. The van der Waals surface area contributed by atoms with Gasteiger partial charge in [-0.25, -0.2) is 0 Å². The number of nitrogens with zero attached hydrogens (tertiary/aromatic N) is 1. The van der Waals surface area contributed by atoms with E-state index in [1.54, 1.807) is 0 Å². The van der Waals surface area contributed by atoms with Gasteiger partial charge in [-0.05, 0) is 32.0 Å². The Hall–Kier alpha value is -0.860. The van der Waals surface area contributed by atoms with E-state index in [9.17, 15) is 0 Å². The van der Waals surface area contributed by atoms with Crippen molar-refractivity contribution in [2.75, 3.05) is 20.1 Å². The average molecular weight is 204 g/mol. The van der Waals surface area contributed by atoms with Crippen molar-refractivity contribution in [3.05, 3.63) is 35.9 Å². The number of hydrogen-bond acceptors (Lipinski definition) is 2. The number of hydrogen-bond donors (Lipinski definition) is 1. The molecule has 0 saturated carbocycles. The summed E-state index contributed by atoms with van der Waals surface area (Å²) >= 11 is 0. The van der Waals surface area contributed by atoms with Crippen molar-refractivity contribution in [1.29, 1.82) is 0 Å². The van der Waals surface area contributed by atoms with Crippen LogP contribution >= 0.6 is 0 Å². The van der Waals surface area contributed by atoms with Crippen LogP contribution in [0, 0.1) is 0 Å². The standard InChI is InChI=1S/C13H20N2/c1-14-13-8-5-9-15(11-13)10-12-6-3-2-4-7-12/h2-4,6-7,13-14H,5,8-11H2,1H3/t13-/m0/s1. The Bertz CT molecular complexity index is 284. The second kappa shape index (κ2) is 5.29. The molecule has 1 aromatic rings. The normalized spacial score (nSPS) is 22.9. The average Bonchev–Trinajstić information content (AvgIpc) is 2.31. The minimum absolute atomic E-state index is 0.683. The van der Waals surface area contributed by atoms with Crippen LogP contribution in [0.1, 0.15) is 18.4 Å². The highest BCUT2D eigenvalue weighted by Crippen LogP contribution is 2.13. The van der Waals surface area contributed by atoms with E-state index in [0.717, 1.165) is 6.54 Å². The second-order valence-corrected chi connectivity index (χ2v) is 4.35. The molecule has 2 heteroatoms. The molecule has 0 unspecified atom stereocenters. The van der Waals surface area contributed by atoms with Crippen LogP contribution in [0.25, 0.3) is 0 Å². The highest BCUT2D eigenvalue weighted by molar-refractivity contribution is 5.14. The molecule has 0 radical (unpaired) electrons. The van der Waals surface area contributed by atoms with Crippen molar-refractivity contribution in [2.45, 2.75) is 25.4 Å². The van der Waals surface area contributed by atoms with Crippen molar-refractivity contribution in [2.24, 2.45) is 0 Å². The molecular weight excluding hydrogens is 184 g/mol. The van der Waals surface area contributed by atoms with Crippen LogP contribution < -0.4 is 5.32 Å². The highest BCUT2D eigenvalue weighted by Gasteiger charge is 2.17. The first-order valence-corrected chi connectivity index (χ1v) is 5.82. The van der Waals surface area contributed by atoms with E-state index in [0.29, 0.717) is 6.04 Å². The molecule has 15 heavy (non-hydrogen) atoms. The van der Waals surface area contributed by atoms with E-state index in [-0.39, 0.29) is 0 Å². The van der Waals surface area contributed by atoms with Gasteiger partial charge in [0.25, 0.3) is 0 Å². The number of nitrogens with one attached hydrogen (secondary N) is 1. The van der Waals surface area contributed by atoms with E-state index in [1.807, 2.05) is 0 Å². The summed E-state index contributed by atoms with van der Waals surface area (Å²) < 4.78 is 0. The van der Waals surface area contributed by atoms with E-state index in [2.05, 4.69) is 47.6 Å². The Balaban J connectivity index is 1.89. The number of piperidine rings is 1. The summed E-state index contributed by atoms with van der Waals surface area (Å²) in [5.74, 6) is 0. The van der Waals surface area contributed by atoms with Crippen molar-refractivity contribution in [1.82, 2.24) is 10.2 Å². The molecule has 0 bridgehead atoms. The Morgan fingerprint density at radius 2 is 2.13 bits per heavy atom. The molecule has 0 aliphatic carbocycles. The fourth-order valence-corrected chi connectivity index (χ4v) is 2.28. The van der Waals surface area contributed by atoms with Crippen molar-refractivity contribution in [3.63, 3.8) is 0 Å². The van der Waals surface area contributed by atoms with Crippen LogP contribution in [0.2, 0.25) is 0 Å². The quantitative estimate of drug-likeness (QED) is 0.808. The third kappa shape index (κ3) is 3.05. The zero-order valence-corrected chi connectivity index (χ0v) is 9.45. The highest BCUT2D eigenvalue weighted by atomic mass is 15.2. The molecule has 1 aliphatic rings. The molecule has 82 valence electrons. The summed E-state index contributed by atoms with van der Waals surface area (Å²) in [6, 6.07) is 11.4. The van der Waals surface area contributed by atoms with Gasteiger partial charge in [0.2, 0.25) is 0 Å². The van der Waals surface area contributed by atoms with Crippen LogP contribution in [0.3, 0.4) is 0 Å². The zero-order chi connectivity index (χ0) is 10.5. The van der Waals surface area contributed by atoms with E-state index >= 15 is 0 Å². The summed E-state index contributed by atoms with van der Waals surface area (Å²) in [5, 5.41) is 3.38. The van der Waals surface area contributed by atoms with Crippen LogP contribution in [0.5, 0.6) is 0 Å². The lowest BCUT2D eigenvalue weighted by atomic mass is 10.1. The van der Waals surface area contributed by atoms with Gasteiger partial charge >= 0.3 is 0 Å². The minimum atomic E-state index is 0.683. The predicted molar refractivity (Wildman–Crippen MR) is 63.8 cm³/mol. The monoisotopic (exact) mass is 204 g/mol. The summed E-state index contributed by atoms with van der Waals surface area (Å²) in [6.07, 6.45) is 2.64. The van der Waals surface area contributed by atoms with Gasteiger partial charge < -0.3 is 5.32 Å². The van der Waals surface area contributed by atoms with E-state index in [4.69, 9.17) is 0 Å². The van der Waals surface area contributed by atoms with Gasteiger partial charge in [0.1, 0.15) is 0 Å². The molecule has 1 N–H and O–H groups in total. The fourth-order valence-electron chi connectivity index (χ4n) is 2.28. The lowest BCUT2D eigenvalue weighted by Gasteiger charge is -2.32. The summed E-state index contributed by atoms with van der Waals surface area (Å²) in [6.45, 7) is 3.53. The molecule has 0 aromatic heterocycles. The number of rotatable bonds is 3. The van der Waals surface area contributed by atoms with Crippen LogP contribution in [-0.4, -0.2) is 31.1 Å². The molecule has 1 heterocycles. The molecule has 0 spiro atoms. The Morgan fingerprint density at radius 1 is 1.33 bits per heavy atom. The molecule has 2 rings (SSSR count). The first kappa shape index (κ1) is 10.7. The summed E-state index contributed by atoms with van der Waals surface area (Å²) in [4.78, 5) is 2.54. The van der Waals surface area contributed by atoms with Crippen molar-refractivity contribution >= 4 is 0 Å². The lowest BCUT2D eigenvalue weighted by molar-refractivity contribution is 0.188. The molecule has 1 aliphatic heterocycles. The first-order valence-electron chi connectivity index (χ1n) is 5.82. The first-order chi connectivity index (χ1) is 7.38. The number of likely N-dealkylation sites (tertiary alicyclic amines) is 1. The maximum atomic E-state index is 3.38. The Morgan fingerprint density at radius 3 is 2.87 bits per heavy atom. The Labute approximate surface area is 92.3 Å². The third-order valence-corrected chi connectivity index (χ3v) is 3.16. The minimum Gasteiger partial charge on any atom is -0.316 e. The van der Waals surface area contributed by atoms with Crippen molar-refractivity contribution < 1.29 is 0 Å². The van der Waals surface area contributed by atoms with Crippen LogP contribution in [-0.2, 0) is 6.54 Å². The van der Waals surface area contributed by atoms with E-state index < -0.39 is 0 Å². The van der Waals surface area contributed by atoms with Gasteiger partial charge in [0.05, 0.1) is 0 Å². The molecular formula is C13H20N2. The maximum Gasteiger partial charge on any atom is 0.0234 e. The maximum absolute atomic E-state index is 3.38. The van der Waals surface area contributed by atoms with E-state index in [1.165, 1.54) is 31.5 Å². The molecule has 1 atom stereocenters. The van der Waals surface area contributed by atoms with Gasteiger partial charge in [0.15, 0.2) is 0 Å². The Kier molecular flexibility index (Phi) is 3.75. The van der Waals surface area contributed by atoms with Gasteiger partial charge in [0, 0.05) is 19.1 Å². The topological polar surface area (TPSA) is 15.3 Å². The molecule has 1 aromatic carbocycles. The predicted octanol–water partition coefficient (Wildman–Crippen LogP) is 1.87. The largest absolute Gasteiger partial charge is 0.316 e. The molecule has 2 nitrogen and oxygen atoms in total. The number of benzene rings is 1. The third-order valence-electron chi connectivity index (χ3n) is 3.16. The van der Waals surface area contributed by atoms with Gasteiger partial charge in [-0.3, -0.25) is 4.90 Å². The van der Waals surface area contributed by atoms with Crippen LogP contribution in [0.15, 0.2) is 30.3 Å².